The highest BCUT2D eigenvalue weighted by Gasteiger charge is 2.37. The summed E-state index contributed by atoms with van der Waals surface area (Å²) >= 11 is 0. The van der Waals surface area contributed by atoms with Gasteiger partial charge in [-0.25, -0.2) is 24.1 Å². The second-order valence-electron chi connectivity index (χ2n) is 11.1. The minimum atomic E-state index is -1.85. The van der Waals surface area contributed by atoms with E-state index in [0.29, 0.717) is 46.8 Å². The van der Waals surface area contributed by atoms with Gasteiger partial charge >= 0.3 is 5.76 Å². The van der Waals surface area contributed by atoms with Crippen LogP contribution in [0.2, 0.25) is 0 Å². The number of aromatic amines is 1. The molecule has 2 N–H and O–H groups in total. The number of hydrogen-bond acceptors (Lipinski definition) is 7. The van der Waals surface area contributed by atoms with Crippen molar-refractivity contribution in [3.05, 3.63) is 52.3 Å². The molecule has 2 aliphatic carbocycles. The Labute approximate surface area is 220 Å². The van der Waals surface area contributed by atoms with Crippen LogP contribution in [0.4, 0.5) is 10.2 Å². The molecule has 1 aromatic carbocycles. The van der Waals surface area contributed by atoms with E-state index in [1.165, 1.54) is 25.7 Å². The van der Waals surface area contributed by atoms with Crippen molar-refractivity contribution < 1.29 is 8.91 Å². The smallest absolute Gasteiger partial charge is 0.365 e. The Morgan fingerprint density at radius 3 is 2.53 bits per heavy atom. The van der Waals surface area contributed by atoms with Crippen molar-refractivity contribution in [1.82, 2.24) is 29.7 Å². The summed E-state index contributed by atoms with van der Waals surface area (Å²) in [6.45, 7) is 4.37. The lowest BCUT2D eigenvalue weighted by Gasteiger charge is -2.32. The van der Waals surface area contributed by atoms with Crippen molar-refractivity contribution in [3.63, 3.8) is 0 Å². The Hall–Kier alpha value is -3.56. The molecule has 2 atom stereocenters. The van der Waals surface area contributed by atoms with Crippen molar-refractivity contribution in [2.75, 3.05) is 5.32 Å². The van der Waals surface area contributed by atoms with Crippen molar-refractivity contribution in [2.24, 2.45) is 11.8 Å². The normalized spacial score (nSPS) is 19.2. The van der Waals surface area contributed by atoms with Gasteiger partial charge in [0.1, 0.15) is 5.52 Å². The fraction of sp³-hybridized carbons (Fsp3) is 0.536. The van der Waals surface area contributed by atoms with Gasteiger partial charge in [0, 0.05) is 12.6 Å². The molecule has 10 heteroatoms. The third-order valence-electron chi connectivity index (χ3n) is 8.38. The maximum absolute atomic E-state index is 16.8. The fourth-order valence-electron chi connectivity index (χ4n) is 5.89. The standard InChI is InChI=1S/C28H34FN7O2/c1-17(19-12-9-13-19)30-22-21-23(32-24(31-22)25-34-27(37)38-35-25)33-26(28(2,29)20-14-7-4-8-15-20)36(21)16-18-10-5-3-6-11-18/h4,7-8,14-15,17-19H,3,5-6,9-13,16H2,1-2H3,(H,30,31,32)(H,34,35,37). The monoisotopic (exact) mass is 519 g/mol. The number of nitrogens with zero attached hydrogens (tertiary/aromatic N) is 5. The summed E-state index contributed by atoms with van der Waals surface area (Å²) in [4.78, 5) is 28.4. The SMILES string of the molecule is CC(Nc1nc(-c2noc(=O)[nH]2)nc2nc(C(C)(F)c3ccccc3)n(CC3CCCCC3)c12)C1CCC1. The maximum atomic E-state index is 16.8. The Morgan fingerprint density at radius 1 is 1.11 bits per heavy atom. The minimum Gasteiger partial charge on any atom is -0.365 e. The molecule has 2 aliphatic rings. The van der Waals surface area contributed by atoms with Crippen LogP contribution < -0.4 is 11.1 Å². The number of imidazole rings is 1. The van der Waals surface area contributed by atoms with E-state index < -0.39 is 11.4 Å². The summed E-state index contributed by atoms with van der Waals surface area (Å²) in [7, 11) is 0. The number of hydrogen-bond donors (Lipinski definition) is 2. The van der Waals surface area contributed by atoms with Crippen LogP contribution in [0.15, 0.2) is 39.6 Å². The topological polar surface area (TPSA) is 115 Å². The first-order chi connectivity index (χ1) is 18.4. The molecule has 0 aliphatic heterocycles. The summed E-state index contributed by atoms with van der Waals surface area (Å²) in [5, 5.41) is 7.39. The molecule has 0 radical (unpaired) electrons. The van der Waals surface area contributed by atoms with Crippen LogP contribution in [-0.2, 0) is 12.2 Å². The van der Waals surface area contributed by atoms with E-state index in [-0.39, 0.29) is 17.7 Å². The number of anilines is 1. The molecule has 4 aromatic rings. The van der Waals surface area contributed by atoms with Crippen molar-refractivity contribution in [1.29, 1.82) is 0 Å². The summed E-state index contributed by atoms with van der Waals surface area (Å²) in [6.07, 6.45) is 9.37. The van der Waals surface area contributed by atoms with Gasteiger partial charge in [-0.1, -0.05) is 61.2 Å². The molecule has 0 bridgehead atoms. The van der Waals surface area contributed by atoms with E-state index in [9.17, 15) is 4.79 Å². The molecule has 2 unspecified atom stereocenters. The van der Waals surface area contributed by atoms with Crippen molar-refractivity contribution in [2.45, 2.75) is 83.5 Å². The molecule has 3 heterocycles. The molecular weight excluding hydrogens is 485 g/mol. The number of alkyl halides is 1. The Morgan fingerprint density at radius 2 is 1.87 bits per heavy atom. The molecule has 0 spiro atoms. The van der Waals surface area contributed by atoms with Crippen LogP contribution in [0, 0.1) is 11.8 Å². The quantitative estimate of drug-likeness (QED) is 0.312. The lowest BCUT2D eigenvalue weighted by atomic mass is 9.80. The number of halogens is 1. The van der Waals surface area contributed by atoms with Crippen LogP contribution in [0.1, 0.15) is 76.6 Å². The van der Waals surface area contributed by atoms with E-state index in [1.54, 1.807) is 19.1 Å². The van der Waals surface area contributed by atoms with E-state index in [1.807, 2.05) is 22.8 Å². The number of aromatic nitrogens is 6. The van der Waals surface area contributed by atoms with Crippen LogP contribution in [-0.4, -0.2) is 35.7 Å². The average molecular weight is 520 g/mol. The first-order valence-electron chi connectivity index (χ1n) is 13.8. The lowest BCUT2D eigenvalue weighted by molar-refractivity contribution is 0.220. The van der Waals surface area contributed by atoms with Gasteiger partial charge in [-0.2, -0.15) is 0 Å². The van der Waals surface area contributed by atoms with Crippen LogP contribution in [0.5, 0.6) is 0 Å². The highest BCUT2D eigenvalue weighted by atomic mass is 19.1. The van der Waals surface area contributed by atoms with Crippen molar-refractivity contribution in [3.8, 4) is 11.6 Å². The highest BCUT2D eigenvalue weighted by molar-refractivity contribution is 5.86. The first-order valence-corrected chi connectivity index (χ1v) is 13.8. The number of benzene rings is 1. The zero-order valence-corrected chi connectivity index (χ0v) is 21.9. The van der Waals surface area contributed by atoms with Gasteiger partial charge in [0.15, 0.2) is 23.0 Å². The molecule has 3 aromatic heterocycles. The van der Waals surface area contributed by atoms with Gasteiger partial charge in [-0.05, 0) is 56.9 Å². The zero-order chi connectivity index (χ0) is 26.3. The first kappa shape index (κ1) is 24.8. The second kappa shape index (κ2) is 9.96. The van der Waals surface area contributed by atoms with Gasteiger partial charge < -0.3 is 9.88 Å². The molecular formula is C28H34FN7O2. The summed E-state index contributed by atoms with van der Waals surface area (Å²) < 4.78 is 23.5. The third kappa shape index (κ3) is 4.61. The van der Waals surface area contributed by atoms with Gasteiger partial charge in [0.2, 0.25) is 11.6 Å². The van der Waals surface area contributed by atoms with E-state index >= 15 is 4.39 Å². The van der Waals surface area contributed by atoms with Crippen molar-refractivity contribution >= 4 is 17.0 Å². The van der Waals surface area contributed by atoms with Gasteiger partial charge in [-0.15, -0.1) is 0 Å². The molecule has 2 saturated carbocycles. The number of fused-ring (bicyclic) bond motifs is 1. The summed E-state index contributed by atoms with van der Waals surface area (Å²) in [5.74, 6) is 1.46. The van der Waals surface area contributed by atoms with Gasteiger partial charge in [-0.3, -0.25) is 9.51 Å². The molecule has 38 heavy (non-hydrogen) atoms. The molecule has 0 amide bonds. The average Bonchev–Trinajstić information content (AvgIpc) is 3.48. The minimum absolute atomic E-state index is 0.116. The largest absolute Gasteiger partial charge is 0.439 e. The second-order valence-corrected chi connectivity index (χ2v) is 11.1. The Balaban J connectivity index is 1.54. The van der Waals surface area contributed by atoms with Crippen LogP contribution in [0.25, 0.3) is 22.8 Å². The predicted octanol–water partition coefficient (Wildman–Crippen LogP) is 5.58. The molecule has 2 fully saturated rings. The Kier molecular flexibility index (Phi) is 6.49. The summed E-state index contributed by atoms with van der Waals surface area (Å²) in [6, 6.07) is 9.31. The van der Waals surface area contributed by atoms with Crippen LogP contribution in [0.3, 0.4) is 0 Å². The summed E-state index contributed by atoms with van der Waals surface area (Å²) in [5.41, 5.74) is -0.263. The van der Waals surface area contributed by atoms with E-state index in [0.717, 1.165) is 25.7 Å². The predicted molar refractivity (Wildman–Crippen MR) is 142 cm³/mol. The van der Waals surface area contributed by atoms with Crippen LogP contribution >= 0.6 is 0 Å². The number of rotatable bonds is 8. The highest BCUT2D eigenvalue weighted by Crippen LogP contribution is 2.39. The van der Waals surface area contributed by atoms with Gasteiger partial charge in [0.05, 0.1) is 0 Å². The molecule has 200 valence electrons. The number of nitrogens with one attached hydrogen (secondary N) is 2. The van der Waals surface area contributed by atoms with E-state index in [4.69, 9.17) is 14.5 Å². The lowest BCUT2D eigenvalue weighted by Crippen LogP contribution is -2.31. The number of H-pyrrole nitrogens is 1. The molecule has 9 nitrogen and oxygen atoms in total. The molecule has 6 rings (SSSR count). The van der Waals surface area contributed by atoms with E-state index in [2.05, 4.69) is 27.4 Å². The maximum Gasteiger partial charge on any atom is 0.439 e. The Bertz CT molecular complexity index is 1470. The van der Waals surface area contributed by atoms with Gasteiger partial charge in [0.25, 0.3) is 0 Å². The molecule has 0 saturated heterocycles. The fourth-order valence-corrected chi connectivity index (χ4v) is 5.89. The zero-order valence-electron chi connectivity index (χ0n) is 21.9. The third-order valence-corrected chi connectivity index (χ3v) is 8.38.